The molecule has 1 amide bonds. The van der Waals surface area contributed by atoms with Gasteiger partial charge in [-0.2, -0.15) is 0 Å². The highest BCUT2D eigenvalue weighted by Gasteiger charge is 2.16. The molecule has 1 heterocycles. The minimum atomic E-state index is -0.667. The predicted octanol–water partition coefficient (Wildman–Crippen LogP) is 1.63. The predicted molar refractivity (Wildman–Crippen MR) is 63.8 cm³/mol. The third kappa shape index (κ3) is 2.04. The zero-order valence-corrected chi connectivity index (χ0v) is 9.95. The number of hydrogen-bond acceptors (Lipinski definition) is 3. The number of carbonyl (C=O) groups excluding carboxylic acids is 1. The number of benzene rings is 1. The molecule has 1 aromatic carbocycles. The van der Waals surface area contributed by atoms with Gasteiger partial charge in [-0.15, -0.1) is 0 Å². The van der Waals surface area contributed by atoms with Crippen molar-refractivity contribution in [1.29, 1.82) is 0 Å². The number of nitrogens with zero attached hydrogens (tertiary/aromatic N) is 1. The number of aryl methyl sites for hydroxylation is 1. The van der Waals surface area contributed by atoms with Crippen molar-refractivity contribution in [3.8, 4) is 17.0 Å². The quantitative estimate of drug-likeness (QED) is 0.867. The summed E-state index contributed by atoms with van der Waals surface area (Å²) in [5.41, 5.74) is 6.67. The van der Waals surface area contributed by atoms with Gasteiger partial charge in [0.2, 0.25) is 0 Å². The number of aromatic amines is 1. The van der Waals surface area contributed by atoms with Crippen LogP contribution in [-0.2, 0) is 0 Å². The first-order valence-electron chi connectivity index (χ1n) is 5.23. The molecule has 0 saturated heterocycles. The molecule has 3 N–H and O–H groups in total. The van der Waals surface area contributed by atoms with Crippen LogP contribution in [0.5, 0.6) is 5.75 Å². The van der Waals surface area contributed by atoms with Crippen LogP contribution in [0.3, 0.4) is 0 Å². The Morgan fingerprint density at radius 2 is 2.22 bits per heavy atom. The van der Waals surface area contributed by atoms with Crippen LogP contribution >= 0.6 is 0 Å². The van der Waals surface area contributed by atoms with Gasteiger partial charge in [-0.3, -0.25) is 4.79 Å². The number of primary amides is 1. The smallest absolute Gasteiger partial charge is 0.284 e. The molecule has 6 heteroatoms. The monoisotopic (exact) mass is 249 g/mol. The molecular formula is C12H12FN3O2. The molecule has 0 aliphatic rings. The minimum absolute atomic E-state index is 0.0359. The van der Waals surface area contributed by atoms with E-state index in [9.17, 15) is 9.18 Å². The number of amides is 1. The van der Waals surface area contributed by atoms with Crippen LogP contribution in [0, 0.1) is 12.7 Å². The Hall–Kier alpha value is -2.37. The van der Waals surface area contributed by atoms with E-state index >= 15 is 0 Å². The standard InChI is InChI=1S/C12H12FN3O2/c1-6-10(16-12(15-6)11(14)17)8-5-7(13)3-4-9(8)18-2/h3-5H,1-2H3,(H2,14,17)(H,15,16). The van der Waals surface area contributed by atoms with E-state index in [0.29, 0.717) is 22.7 Å². The second kappa shape index (κ2) is 4.48. The molecule has 0 fully saturated rings. The number of hydrogen-bond donors (Lipinski definition) is 2. The number of rotatable bonds is 3. The first-order valence-corrected chi connectivity index (χ1v) is 5.23. The summed E-state index contributed by atoms with van der Waals surface area (Å²) < 4.78 is 18.4. The van der Waals surface area contributed by atoms with E-state index in [-0.39, 0.29) is 5.82 Å². The Labute approximate surface area is 103 Å². The van der Waals surface area contributed by atoms with Crippen LogP contribution in [0.25, 0.3) is 11.3 Å². The van der Waals surface area contributed by atoms with Crippen LogP contribution in [0.15, 0.2) is 18.2 Å². The number of carbonyl (C=O) groups is 1. The summed E-state index contributed by atoms with van der Waals surface area (Å²) in [7, 11) is 1.48. The van der Waals surface area contributed by atoms with Gasteiger partial charge in [0.05, 0.1) is 12.8 Å². The first-order chi connectivity index (χ1) is 8.52. The van der Waals surface area contributed by atoms with E-state index in [4.69, 9.17) is 10.5 Å². The lowest BCUT2D eigenvalue weighted by Gasteiger charge is -2.06. The summed E-state index contributed by atoms with van der Waals surface area (Å²) >= 11 is 0. The number of methoxy groups -OCH3 is 1. The first kappa shape index (κ1) is 12.1. The molecule has 0 aliphatic carbocycles. The van der Waals surface area contributed by atoms with Crippen molar-refractivity contribution in [3.63, 3.8) is 0 Å². The molecule has 2 rings (SSSR count). The molecule has 0 bridgehead atoms. The Morgan fingerprint density at radius 3 is 2.78 bits per heavy atom. The summed E-state index contributed by atoms with van der Waals surface area (Å²) in [5, 5.41) is 0. The van der Waals surface area contributed by atoms with E-state index in [1.165, 1.54) is 25.3 Å². The summed E-state index contributed by atoms with van der Waals surface area (Å²) in [6.45, 7) is 1.72. The van der Waals surface area contributed by atoms with Gasteiger partial charge in [0.15, 0.2) is 5.82 Å². The van der Waals surface area contributed by atoms with Crippen molar-refractivity contribution >= 4 is 5.91 Å². The topological polar surface area (TPSA) is 81.0 Å². The van der Waals surface area contributed by atoms with Crippen LogP contribution < -0.4 is 10.5 Å². The fraction of sp³-hybridized carbons (Fsp3) is 0.167. The largest absolute Gasteiger partial charge is 0.496 e. The highest BCUT2D eigenvalue weighted by Crippen LogP contribution is 2.31. The van der Waals surface area contributed by atoms with Gasteiger partial charge in [-0.05, 0) is 25.1 Å². The van der Waals surface area contributed by atoms with Crippen LogP contribution in [0.2, 0.25) is 0 Å². The third-order valence-electron chi connectivity index (χ3n) is 2.53. The number of nitrogens with two attached hydrogens (primary N) is 1. The second-order valence-electron chi connectivity index (χ2n) is 3.77. The highest BCUT2D eigenvalue weighted by atomic mass is 19.1. The number of aromatic nitrogens is 2. The van der Waals surface area contributed by atoms with Gasteiger partial charge < -0.3 is 15.5 Å². The van der Waals surface area contributed by atoms with Crippen molar-refractivity contribution in [2.75, 3.05) is 7.11 Å². The maximum Gasteiger partial charge on any atom is 0.284 e. The third-order valence-corrected chi connectivity index (χ3v) is 2.53. The van der Waals surface area contributed by atoms with Crippen molar-refractivity contribution < 1.29 is 13.9 Å². The molecule has 18 heavy (non-hydrogen) atoms. The molecule has 5 nitrogen and oxygen atoms in total. The van der Waals surface area contributed by atoms with Crippen molar-refractivity contribution in [2.45, 2.75) is 6.92 Å². The molecular weight excluding hydrogens is 237 g/mol. The lowest BCUT2D eigenvalue weighted by atomic mass is 10.1. The number of halogens is 1. The average Bonchev–Trinajstić information content (AvgIpc) is 2.71. The maximum absolute atomic E-state index is 13.3. The Bertz CT molecular complexity index is 607. The second-order valence-corrected chi connectivity index (χ2v) is 3.77. The zero-order chi connectivity index (χ0) is 13.3. The number of ether oxygens (including phenoxy) is 1. The average molecular weight is 249 g/mol. The van der Waals surface area contributed by atoms with Crippen molar-refractivity contribution in [3.05, 3.63) is 35.5 Å². The number of nitrogens with one attached hydrogen (secondary N) is 1. The van der Waals surface area contributed by atoms with Gasteiger partial charge in [0.1, 0.15) is 11.6 Å². The van der Waals surface area contributed by atoms with Gasteiger partial charge in [-0.25, -0.2) is 9.37 Å². The zero-order valence-electron chi connectivity index (χ0n) is 9.95. The van der Waals surface area contributed by atoms with Gasteiger partial charge in [0.25, 0.3) is 5.91 Å². The summed E-state index contributed by atoms with van der Waals surface area (Å²) in [4.78, 5) is 17.8. The van der Waals surface area contributed by atoms with Crippen molar-refractivity contribution in [2.24, 2.45) is 5.73 Å². The van der Waals surface area contributed by atoms with E-state index in [0.717, 1.165) is 0 Å². The minimum Gasteiger partial charge on any atom is -0.496 e. The van der Waals surface area contributed by atoms with Gasteiger partial charge in [0, 0.05) is 11.3 Å². The normalized spacial score (nSPS) is 10.4. The van der Waals surface area contributed by atoms with Crippen LogP contribution in [0.4, 0.5) is 4.39 Å². The molecule has 94 valence electrons. The molecule has 2 aromatic rings. The lowest BCUT2D eigenvalue weighted by Crippen LogP contribution is -2.12. The van der Waals surface area contributed by atoms with E-state index in [1.807, 2.05) is 0 Å². The number of H-pyrrole nitrogens is 1. The SMILES string of the molecule is COc1ccc(F)cc1-c1nc(C(N)=O)[nH]c1C. The van der Waals surface area contributed by atoms with E-state index < -0.39 is 11.7 Å². The Morgan fingerprint density at radius 1 is 1.50 bits per heavy atom. The van der Waals surface area contributed by atoms with Crippen LogP contribution in [-0.4, -0.2) is 23.0 Å². The lowest BCUT2D eigenvalue weighted by molar-refractivity contribution is 0.0991. The molecule has 0 aliphatic heterocycles. The molecule has 0 spiro atoms. The summed E-state index contributed by atoms with van der Waals surface area (Å²) in [5.74, 6) is -0.565. The van der Waals surface area contributed by atoms with E-state index in [2.05, 4.69) is 9.97 Å². The highest BCUT2D eigenvalue weighted by molar-refractivity contribution is 5.90. The van der Waals surface area contributed by atoms with Crippen molar-refractivity contribution in [1.82, 2.24) is 9.97 Å². The van der Waals surface area contributed by atoms with Gasteiger partial charge in [-0.1, -0.05) is 0 Å². The summed E-state index contributed by atoms with van der Waals surface area (Å²) in [6.07, 6.45) is 0. The fourth-order valence-corrected chi connectivity index (χ4v) is 1.70. The maximum atomic E-state index is 13.3. The Kier molecular flexibility index (Phi) is 3.01. The molecule has 1 aromatic heterocycles. The molecule has 0 unspecified atom stereocenters. The Balaban J connectivity index is 2.60. The molecule has 0 radical (unpaired) electrons. The fourth-order valence-electron chi connectivity index (χ4n) is 1.70. The summed E-state index contributed by atoms with van der Waals surface area (Å²) in [6, 6.07) is 4.09. The van der Waals surface area contributed by atoms with Crippen LogP contribution in [0.1, 0.15) is 16.3 Å². The number of imidazole rings is 1. The molecule has 0 saturated carbocycles. The molecule has 0 atom stereocenters. The van der Waals surface area contributed by atoms with Gasteiger partial charge >= 0.3 is 0 Å². The van der Waals surface area contributed by atoms with E-state index in [1.54, 1.807) is 6.92 Å².